The van der Waals surface area contributed by atoms with Gasteiger partial charge in [0.15, 0.2) is 5.96 Å². The van der Waals surface area contributed by atoms with Crippen LogP contribution in [0.5, 0.6) is 0 Å². The van der Waals surface area contributed by atoms with Gasteiger partial charge in [-0.2, -0.15) is 13.2 Å². The molecule has 2 aromatic rings. The summed E-state index contributed by atoms with van der Waals surface area (Å²) in [5.74, 6) is -0.520. The van der Waals surface area contributed by atoms with Crippen molar-refractivity contribution in [1.29, 1.82) is 0 Å². The molecule has 0 amide bonds. The molecule has 0 aliphatic heterocycles. The van der Waals surface area contributed by atoms with Crippen LogP contribution in [0, 0.1) is 5.82 Å². The molecule has 3 nitrogen and oxygen atoms in total. The molecule has 1 aromatic carbocycles. The van der Waals surface area contributed by atoms with E-state index in [0.29, 0.717) is 18.6 Å². The maximum Gasteiger partial charge on any atom is 0.416 e. The Bertz CT molecular complexity index is 687. The van der Waals surface area contributed by atoms with Crippen molar-refractivity contribution in [3.63, 3.8) is 0 Å². The van der Waals surface area contributed by atoms with Crippen molar-refractivity contribution in [3.05, 3.63) is 57.5 Å². The number of aliphatic imine (C=N–C) groups is 1. The molecule has 0 saturated carbocycles. The first-order valence-corrected chi connectivity index (χ1v) is 8.10. The Morgan fingerprint density at radius 2 is 1.96 bits per heavy atom. The van der Waals surface area contributed by atoms with Crippen molar-refractivity contribution in [2.45, 2.75) is 19.1 Å². The van der Waals surface area contributed by atoms with Crippen molar-refractivity contribution < 1.29 is 17.6 Å². The van der Waals surface area contributed by atoms with Gasteiger partial charge in [-0.05, 0) is 35.6 Å². The van der Waals surface area contributed by atoms with Crippen molar-refractivity contribution in [2.75, 3.05) is 13.6 Å². The lowest BCUT2D eigenvalue weighted by molar-refractivity contribution is -0.138. The van der Waals surface area contributed by atoms with Crippen LogP contribution in [0.1, 0.15) is 16.0 Å². The second kappa shape index (κ2) is 9.95. The highest BCUT2D eigenvalue weighted by Gasteiger charge is 2.33. The summed E-state index contributed by atoms with van der Waals surface area (Å²) in [4.78, 5) is 5.18. The smallest absolute Gasteiger partial charge is 0.356 e. The molecule has 0 aliphatic carbocycles. The number of halogens is 5. The predicted octanol–water partition coefficient (Wildman–Crippen LogP) is 4.43. The van der Waals surface area contributed by atoms with E-state index in [0.717, 1.165) is 18.6 Å². The van der Waals surface area contributed by atoms with Crippen molar-refractivity contribution in [3.8, 4) is 0 Å². The minimum Gasteiger partial charge on any atom is -0.356 e. The van der Waals surface area contributed by atoms with Crippen molar-refractivity contribution >= 4 is 41.3 Å². The molecule has 2 rings (SSSR count). The molecule has 1 aromatic heterocycles. The van der Waals surface area contributed by atoms with E-state index < -0.39 is 17.6 Å². The van der Waals surface area contributed by atoms with E-state index in [-0.39, 0.29) is 36.1 Å². The second-order valence-electron chi connectivity index (χ2n) is 4.98. The minimum atomic E-state index is -4.60. The molecular formula is C16H18F4IN3S. The van der Waals surface area contributed by atoms with Gasteiger partial charge in [0.05, 0.1) is 5.56 Å². The summed E-state index contributed by atoms with van der Waals surface area (Å²) in [5, 5.41) is 7.84. The third-order valence-electron chi connectivity index (χ3n) is 3.29. The third kappa shape index (κ3) is 6.81. The lowest BCUT2D eigenvalue weighted by Gasteiger charge is -2.15. The van der Waals surface area contributed by atoms with Crippen LogP contribution in [0.3, 0.4) is 0 Å². The summed E-state index contributed by atoms with van der Waals surface area (Å²) in [6.07, 6.45) is -3.81. The van der Waals surface area contributed by atoms with E-state index in [4.69, 9.17) is 0 Å². The van der Waals surface area contributed by atoms with Gasteiger partial charge in [0.25, 0.3) is 0 Å². The standard InChI is InChI=1S/C16H17F4N3S.HI/c1-21-15(22-7-6-13-3-2-8-24-13)23-10-11-4-5-12(17)9-14(11)16(18,19)20;/h2-5,8-9H,6-7,10H2,1H3,(H2,21,22,23);1H. The summed E-state index contributed by atoms with van der Waals surface area (Å²) in [5.41, 5.74) is -1.02. The van der Waals surface area contributed by atoms with Crippen molar-refractivity contribution in [2.24, 2.45) is 4.99 Å². The van der Waals surface area contributed by atoms with Gasteiger partial charge in [0.2, 0.25) is 0 Å². The molecule has 1 heterocycles. The van der Waals surface area contributed by atoms with E-state index in [1.54, 1.807) is 11.3 Å². The first-order chi connectivity index (χ1) is 11.4. The van der Waals surface area contributed by atoms with Crippen LogP contribution in [-0.4, -0.2) is 19.6 Å². The zero-order chi connectivity index (χ0) is 17.6. The Labute approximate surface area is 164 Å². The Balaban J connectivity index is 0.00000312. The summed E-state index contributed by atoms with van der Waals surface area (Å²) < 4.78 is 52.0. The van der Waals surface area contributed by atoms with Gasteiger partial charge < -0.3 is 10.6 Å². The molecule has 0 fully saturated rings. The van der Waals surface area contributed by atoms with Gasteiger partial charge in [-0.3, -0.25) is 4.99 Å². The first-order valence-electron chi connectivity index (χ1n) is 7.22. The monoisotopic (exact) mass is 487 g/mol. The number of nitrogens with one attached hydrogen (secondary N) is 2. The van der Waals surface area contributed by atoms with E-state index in [2.05, 4.69) is 15.6 Å². The molecule has 138 valence electrons. The number of rotatable bonds is 5. The van der Waals surface area contributed by atoms with Gasteiger partial charge in [-0.25, -0.2) is 4.39 Å². The number of nitrogens with zero attached hydrogens (tertiary/aromatic N) is 1. The van der Waals surface area contributed by atoms with Gasteiger partial charge in [-0.15, -0.1) is 35.3 Å². The molecule has 0 unspecified atom stereocenters. The summed E-state index contributed by atoms with van der Waals surface area (Å²) >= 11 is 1.64. The SMILES string of the molecule is CN=C(NCCc1cccs1)NCc1ccc(F)cc1C(F)(F)F.I. The van der Waals surface area contributed by atoms with E-state index in [9.17, 15) is 17.6 Å². The Kier molecular flexibility index (Phi) is 8.63. The molecule has 0 radical (unpaired) electrons. The highest BCUT2D eigenvalue weighted by molar-refractivity contribution is 14.0. The largest absolute Gasteiger partial charge is 0.416 e. The maximum absolute atomic E-state index is 13.1. The number of alkyl halides is 3. The highest BCUT2D eigenvalue weighted by atomic mass is 127. The maximum atomic E-state index is 13.1. The summed E-state index contributed by atoms with van der Waals surface area (Å²) in [6, 6.07) is 6.62. The zero-order valence-corrected chi connectivity index (χ0v) is 16.5. The van der Waals surface area contributed by atoms with Crippen LogP contribution in [-0.2, 0) is 19.1 Å². The fourth-order valence-corrected chi connectivity index (χ4v) is 2.83. The Hall–Kier alpha value is -1.36. The molecule has 0 atom stereocenters. The first kappa shape index (κ1) is 21.7. The van der Waals surface area contributed by atoms with E-state index in [1.165, 1.54) is 11.9 Å². The molecule has 2 N–H and O–H groups in total. The van der Waals surface area contributed by atoms with Crippen LogP contribution in [0.2, 0.25) is 0 Å². The van der Waals surface area contributed by atoms with Crippen LogP contribution >= 0.6 is 35.3 Å². The van der Waals surface area contributed by atoms with Gasteiger partial charge >= 0.3 is 6.18 Å². The van der Waals surface area contributed by atoms with E-state index in [1.807, 2.05) is 17.5 Å². The highest BCUT2D eigenvalue weighted by Crippen LogP contribution is 2.32. The fourth-order valence-electron chi connectivity index (χ4n) is 2.13. The molecular weight excluding hydrogens is 469 g/mol. The Morgan fingerprint density at radius 1 is 1.20 bits per heavy atom. The number of guanidine groups is 1. The number of hydrogen-bond acceptors (Lipinski definition) is 2. The second-order valence-corrected chi connectivity index (χ2v) is 6.01. The van der Waals surface area contributed by atoms with Gasteiger partial charge in [0, 0.05) is 25.0 Å². The minimum absolute atomic E-state index is 0. The van der Waals surface area contributed by atoms with Crippen LogP contribution < -0.4 is 10.6 Å². The van der Waals surface area contributed by atoms with Gasteiger partial charge in [0.1, 0.15) is 5.82 Å². The molecule has 25 heavy (non-hydrogen) atoms. The average Bonchev–Trinajstić information content (AvgIpc) is 3.04. The fraction of sp³-hybridized carbons (Fsp3) is 0.312. The predicted molar refractivity (Wildman–Crippen MR) is 103 cm³/mol. The lowest BCUT2D eigenvalue weighted by Crippen LogP contribution is -2.38. The normalized spacial score (nSPS) is 11.8. The van der Waals surface area contributed by atoms with E-state index >= 15 is 0 Å². The molecule has 0 saturated heterocycles. The number of thiophene rings is 1. The molecule has 9 heteroatoms. The third-order valence-corrected chi connectivity index (χ3v) is 4.23. The summed E-state index contributed by atoms with van der Waals surface area (Å²) in [7, 11) is 1.54. The quantitative estimate of drug-likeness (QED) is 0.284. The van der Waals surface area contributed by atoms with Crippen LogP contribution in [0.25, 0.3) is 0 Å². The lowest BCUT2D eigenvalue weighted by atomic mass is 10.1. The van der Waals surface area contributed by atoms with Gasteiger partial charge in [-0.1, -0.05) is 12.1 Å². The molecule has 0 aliphatic rings. The number of hydrogen-bond donors (Lipinski definition) is 2. The number of benzene rings is 1. The van der Waals surface area contributed by atoms with Crippen LogP contribution in [0.15, 0.2) is 40.7 Å². The Morgan fingerprint density at radius 3 is 2.56 bits per heavy atom. The van der Waals surface area contributed by atoms with Crippen LogP contribution in [0.4, 0.5) is 17.6 Å². The topological polar surface area (TPSA) is 36.4 Å². The van der Waals surface area contributed by atoms with Crippen molar-refractivity contribution in [1.82, 2.24) is 10.6 Å². The summed E-state index contributed by atoms with van der Waals surface area (Å²) in [6.45, 7) is 0.504. The average molecular weight is 487 g/mol. The zero-order valence-electron chi connectivity index (χ0n) is 13.4. The molecule has 0 spiro atoms. The molecule has 0 bridgehead atoms.